The molecular formula is C8H16F2N2. The zero-order valence-corrected chi connectivity index (χ0v) is 7.15. The summed E-state index contributed by atoms with van der Waals surface area (Å²) in [6, 6.07) is -0.644. The van der Waals surface area contributed by atoms with E-state index >= 15 is 0 Å². The maximum Gasteiger partial charge on any atom is 0.263 e. The van der Waals surface area contributed by atoms with Crippen LogP contribution in [0, 0.1) is 0 Å². The van der Waals surface area contributed by atoms with Crippen LogP contribution in [-0.2, 0) is 0 Å². The van der Waals surface area contributed by atoms with Crippen molar-refractivity contribution in [2.75, 3.05) is 13.1 Å². The normalized spacial score (nSPS) is 28.8. The third-order valence-corrected chi connectivity index (χ3v) is 2.30. The summed E-state index contributed by atoms with van der Waals surface area (Å²) in [5.74, 6) is -2.52. The van der Waals surface area contributed by atoms with Crippen LogP contribution in [0.5, 0.6) is 0 Å². The van der Waals surface area contributed by atoms with E-state index in [1.807, 2.05) is 0 Å². The van der Waals surface area contributed by atoms with E-state index in [-0.39, 0.29) is 6.42 Å². The van der Waals surface area contributed by atoms with Crippen molar-refractivity contribution in [3.8, 4) is 0 Å². The Balaban J connectivity index is 2.37. The fraction of sp³-hybridized carbons (Fsp3) is 1.00. The van der Waals surface area contributed by atoms with E-state index in [1.54, 1.807) is 0 Å². The molecule has 0 radical (unpaired) electrons. The monoisotopic (exact) mass is 178 g/mol. The van der Waals surface area contributed by atoms with Crippen molar-refractivity contribution >= 4 is 0 Å². The van der Waals surface area contributed by atoms with Gasteiger partial charge in [-0.1, -0.05) is 6.42 Å². The first-order chi connectivity index (χ1) is 5.67. The second kappa shape index (κ2) is 4.14. The number of hydrogen-bond acceptors (Lipinski definition) is 2. The molecule has 0 aromatic heterocycles. The highest BCUT2D eigenvalue weighted by Gasteiger charge is 2.40. The van der Waals surface area contributed by atoms with E-state index in [0.29, 0.717) is 25.9 Å². The Bertz CT molecular complexity index is 139. The molecule has 0 aliphatic heterocycles. The molecule has 1 fully saturated rings. The van der Waals surface area contributed by atoms with Gasteiger partial charge in [0.15, 0.2) is 0 Å². The van der Waals surface area contributed by atoms with Gasteiger partial charge in [-0.05, 0) is 12.8 Å². The second-order valence-electron chi connectivity index (χ2n) is 3.30. The molecule has 0 aromatic rings. The molecule has 0 amide bonds. The van der Waals surface area contributed by atoms with E-state index in [1.165, 1.54) is 0 Å². The van der Waals surface area contributed by atoms with E-state index in [9.17, 15) is 8.78 Å². The van der Waals surface area contributed by atoms with E-state index in [2.05, 4.69) is 5.32 Å². The minimum atomic E-state index is -2.52. The zero-order valence-electron chi connectivity index (χ0n) is 7.15. The summed E-state index contributed by atoms with van der Waals surface area (Å²) < 4.78 is 26.2. The van der Waals surface area contributed by atoms with Gasteiger partial charge in [-0.2, -0.15) is 0 Å². The van der Waals surface area contributed by atoms with Crippen LogP contribution in [-0.4, -0.2) is 25.1 Å². The molecule has 0 heterocycles. The standard InChI is InChI=1S/C8H16F2N2/c9-8(10)4-2-1-3-7(8)12-6-5-11/h7,12H,1-6,11H2. The van der Waals surface area contributed by atoms with Gasteiger partial charge in [0.1, 0.15) is 0 Å². The third-order valence-electron chi connectivity index (χ3n) is 2.30. The summed E-state index contributed by atoms with van der Waals surface area (Å²) in [6.07, 6.45) is 2.15. The topological polar surface area (TPSA) is 38.0 Å². The summed E-state index contributed by atoms with van der Waals surface area (Å²) in [6.45, 7) is 0.910. The van der Waals surface area contributed by atoms with Crippen molar-refractivity contribution in [1.29, 1.82) is 0 Å². The smallest absolute Gasteiger partial charge is 0.263 e. The van der Waals surface area contributed by atoms with Crippen LogP contribution in [0.2, 0.25) is 0 Å². The van der Waals surface area contributed by atoms with E-state index in [4.69, 9.17) is 5.73 Å². The number of halogens is 2. The lowest BCUT2D eigenvalue weighted by Crippen LogP contribution is -2.48. The Labute approximate surface area is 71.5 Å². The first-order valence-corrected chi connectivity index (χ1v) is 4.48. The molecule has 4 heteroatoms. The number of nitrogens with two attached hydrogens (primary N) is 1. The lowest BCUT2D eigenvalue weighted by atomic mass is 9.91. The molecule has 3 N–H and O–H groups in total. The Morgan fingerprint density at radius 1 is 1.42 bits per heavy atom. The Kier molecular flexibility index (Phi) is 3.40. The summed E-state index contributed by atoms with van der Waals surface area (Å²) in [4.78, 5) is 0. The van der Waals surface area contributed by atoms with Gasteiger partial charge in [0.05, 0.1) is 6.04 Å². The SMILES string of the molecule is NCCNC1CCCCC1(F)F. The molecule has 1 aliphatic rings. The van der Waals surface area contributed by atoms with Gasteiger partial charge in [-0.25, -0.2) is 8.78 Å². The molecule has 1 saturated carbocycles. The van der Waals surface area contributed by atoms with Crippen LogP contribution < -0.4 is 11.1 Å². The van der Waals surface area contributed by atoms with Gasteiger partial charge in [0.25, 0.3) is 5.92 Å². The molecule has 0 saturated heterocycles. The Morgan fingerprint density at radius 3 is 2.75 bits per heavy atom. The van der Waals surface area contributed by atoms with E-state index in [0.717, 1.165) is 6.42 Å². The van der Waals surface area contributed by atoms with Crippen LogP contribution in [0.3, 0.4) is 0 Å². The Hall–Kier alpha value is -0.220. The molecule has 1 rings (SSSR count). The zero-order chi connectivity index (χ0) is 9.03. The molecule has 2 nitrogen and oxygen atoms in total. The number of hydrogen-bond donors (Lipinski definition) is 2. The third kappa shape index (κ3) is 2.38. The van der Waals surface area contributed by atoms with Crippen LogP contribution in [0.25, 0.3) is 0 Å². The van der Waals surface area contributed by atoms with Crippen LogP contribution in [0.15, 0.2) is 0 Å². The molecule has 72 valence electrons. The fourth-order valence-electron chi connectivity index (χ4n) is 1.60. The maximum absolute atomic E-state index is 13.1. The molecule has 0 aromatic carbocycles. The fourth-order valence-corrected chi connectivity index (χ4v) is 1.60. The maximum atomic E-state index is 13.1. The van der Waals surface area contributed by atoms with Crippen LogP contribution >= 0.6 is 0 Å². The molecule has 1 aliphatic carbocycles. The Morgan fingerprint density at radius 2 is 2.17 bits per heavy atom. The largest absolute Gasteiger partial charge is 0.329 e. The number of nitrogens with one attached hydrogen (secondary N) is 1. The van der Waals surface area contributed by atoms with Gasteiger partial charge in [-0.3, -0.25) is 0 Å². The van der Waals surface area contributed by atoms with Gasteiger partial charge >= 0.3 is 0 Å². The van der Waals surface area contributed by atoms with E-state index < -0.39 is 12.0 Å². The minimum absolute atomic E-state index is 0.0231. The lowest BCUT2D eigenvalue weighted by Gasteiger charge is -2.31. The predicted octanol–water partition coefficient (Wildman–Crippen LogP) is 1.11. The highest BCUT2D eigenvalue weighted by molar-refractivity contribution is 4.87. The molecule has 0 bridgehead atoms. The second-order valence-corrected chi connectivity index (χ2v) is 3.30. The van der Waals surface area contributed by atoms with Gasteiger partial charge in [-0.15, -0.1) is 0 Å². The average Bonchev–Trinajstić information content (AvgIpc) is 2.02. The number of alkyl halides is 2. The highest BCUT2D eigenvalue weighted by Crippen LogP contribution is 2.33. The number of rotatable bonds is 3. The average molecular weight is 178 g/mol. The summed E-state index contributed by atoms with van der Waals surface area (Å²) in [5.41, 5.74) is 5.23. The molecule has 12 heavy (non-hydrogen) atoms. The van der Waals surface area contributed by atoms with Crippen molar-refractivity contribution in [3.05, 3.63) is 0 Å². The van der Waals surface area contributed by atoms with Crippen molar-refractivity contribution in [1.82, 2.24) is 5.32 Å². The highest BCUT2D eigenvalue weighted by atomic mass is 19.3. The quantitative estimate of drug-likeness (QED) is 0.679. The van der Waals surface area contributed by atoms with Crippen molar-refractivity contribution < 1.29 is 8.78 Å². The minimum Gasteiger partial charge on any atom is -0.329 e. The summed E-state index contributed by atoms with van der Waals surface area (Å²) >= 11 is 0. The molecule has 1 unspecified atom stereocenters. The summed E-state index contributed by atoms with van der Waals surface area (Å²) in [7, 11) is 0. The predicted molar refractivity (Wildman–Crippen MR) is 44.3 cm³/mol. The van der Waals surface area contributed by atoms with Crippen molar-refractivity contribution in [3.63, 3.8) is 0 Å². The lowest BCUT2D eigenvalue weighted by molar-refractivity contribution is -0.0631. The van der Waals surface area contributed by atoms with Crippen molar-refractivity contribution in [2.24, 2.45) is 5.73 Å². The van der Waals surface area contributed by atoms with Gasteiger partial charge < -0.3 is 11.1 Å². The first kappa shape index (κ1) is 9.86. The first-order valence-electron chi connectivity index (χ1n) is 4.48. The molecule has 0 spiro atoms. The summed E-state index contributed by atoms with van der Waals surface area (Å²) in [5, 5.41) is 2.79. The van der Waals surface area contributed by atoms with Gasteiger partial charge in [0, 0.05) is 19.5 Å². The molecular weight excluding hydrogens is 162 g/mol. The van der Waals surface area contributed by atoms with Crippen LogP contribution in [0.1, 0.15) is 25.7 Å². The molecule has 1 atom stereocenters. The van der Waals surface area contributed by atoms with Crippen molar-refractivity contribution in [2.45, 2.75) is 37.6 Å². The van der Waals surface area contributed by atoms with Crippen LogP contribution in [0.4, 0.5) is 8.78 Å². The van der Waals surface area contributed by atoms with Gasteiger partial charge in [0.2, 0.25) is 0 Å².